The second-order valence-corrected chi connectivity index (χ2v) is 4.74. The number of anilines is 1. The molecule has 1 atom stereocenters. The highest BCUT2D eigenvalue weighted by Gasteiger charge is 2.27. The Morgan fingerprint density at radius 3 is 3.00 bits per heavy atom. The molecule has 2 heterocycles. The van der Waals surface area contributed by atoms with Crippen molar-refractivity contribution in [1.29, 1.82) is 0 Å². The van der Waals surface area contributed by atoms with E-state index in [1.165, 1.54) is 31.4 Å². The molecule has 1 aliphatic carbocycles. The molecule has 82 valence electrons. The molecule has 1 aromatic heterocycles. The molecule has 3 rings (SSSR count). The monoisotopic (exact) mass is 206 g/mol. The van der Waals surface area contributed by atoms with Gasteiger partial charge in [-0.25, -0.2) is 4.68 Å². The first-order chi connectivity index (χ1) is 7.33. The van der Waals surface area contributed by atoms with Crippen LogP contribution in [0.2, 0.25) is 0 Å². The van der Waals surface area contributed by atoms with Crippen molar-refractivity contribution in [3.8, 4) is 0 Å². The number of hydrogen-bond donors (Lipinski definition) is 2. The van der Waals surface area contributed by atoms with Crippen molar-refractivity contribution in [2.45, 2.75) is 44.2 Å². The van der Waals surface area contributed by atoms with E-state index < -0.39 is 0 Å². The van der Waals surface area contributed by atoms with Gasteiger partial charge in [0.15, 0.2) is 0 Å². The molecule has 1 aliphatic heterocycles. The molecule has 4 heteroatoms. The van der Waals surface area contributed by atoms with Crippen molar-refractivity contribution in [3.05, 3.63) is 11.8 Å². The largest absolute Gasteiger partial charge is 0.384 e. The van der Waals surface area contributed by atoms with E-state index in [-0.39, 0.29) is 0 Å². The van der Waals surface area contributed by atoms with Crippen LogP contribution in [0.5, 0.6) is 0 Å². The Hall–Kier alpha value is -1.03. The Kier molecular flexibility index (Phi) is 2.16. The van der Waals surface area contributed by atoms with Crippen molar-refractivity contribution in [3.63, 3.8) is 0 Å². The molecule has 0 aromatic carbocycles. The van der Waals surface area contributed by atoms with Crippen LogP contribution in [0.3, 0.4) is 0 Å². The maximum atomic E-state index is 5.96. The number of nitrogens with one attached hydrogen (secondary N) is 1. The van der Waals surface area contributed by atoms with E-state index in [0.29, 0.717) is 12.0 Å². The molecule has 0 spiro atoms. The van der Waals surface area contributed by atoms with Gasteiger partial charge in [0.1, 0.15) is 5.82 Å². The van der Waals surface area contributed by atoms with Crippen LogP contribution in [0.25, 0.3) is 0 Å². The highest BCUT2D eigenvalue weighted by molar-refractivity contribution is 5.33. The van der Waals surface area contributed by atoms with Crippen LogP contribution in [0.1, 0.15) is 37.3 Å². The predicted octanol–water partition coefficient (Wildman–Crippen LogP) is 1.09. The van der Waals surface area contributed by atoms with E-state index in [1.807, 2.05) is 10.7 Å². The van der Waals surface area contributed by atoms with Gasteiger partial charge in [-0.1, -0.05) is 0 Å². The van der Waals surface area contributed by atoms with Gasteiger partial charge in [-0.15, -0.1) is 0 Å². The SMILES string of the molecule is Nc1cc(C2CC2)nn1C[C@@H]1CCCN1. The van der Waals surface area contributed by atoms with E-state index in [4.69, 9.17) is 5.73 Å². The average molecular weight is 206 g/mol. The highest BCUT2D eigenvalue weighted by Crippen LogP contribution is 2.39. The van der Waals surface area contributed by atoms with Crippen LogP contribution >= 0.6 is 0 Å². The van der Waals surface area contributed by atoms with Crippen LogP contribution in [0.15, 0.2) is 6.07 Å². The lowest BCUT2D eigenvalue weighted by Crippen LogP contribution is -2.27. The predicted molar refractivity (Wildman–Crippen MR) is 59.6 cm³/mol. The Morgan fingerprint density at radius 1 is 1.47 bits per heavy atom. The molecule has 15 heavy (non-hydrogen) atoms. The Bertz CT molecular complexity index is 347. The lowest BCUT2D eigenvalue weighted by molar-refractivity contribution is 0.478. The molecular weight excluding hydrogens is 188 g/mol. The molecule has 2 fully saturated rings. The average Bonchev–Trinajstić information content (AvgIpc) is 2.84. The molecule has 1 saturated carbocycles. The summed E-state index contributed by atoms with van der Waals surface area (Å²) >= 11 is 0. The molecule has 0 amide bonds. The summed E-state index contributed by atoms with van der Waals surface area (Å²) < 4.78 is 1.97. The fourth-order valence-electron chi connectivity index (χ4n) is 2.30. The number of nitrogen functional groups attached to an aromatic ring is 1. The van der Waals surface area contributed by atoms with E-state index in [2.05, 4.69) is 10.4 Å². The highest BCUT2D eigenvalue weighted by atomic mass is 15.3. The second-order valence-electron chi connectivity index (χ2n) is 4.74. The first-order valence-electron chi connectivity index (χ1n) is 5.89. The lowest BCUT2D eigenvalue weighted by atomic mass is 10.2. The van der Waals surface area contributed by atoms with Gasteiger partial charge in [0.2, 0.25) is 0 Å². The van der Waals surface area contributed by atoms with Gasteiger partial charge in [-0.05, 0) is 32.2 Å². The second kappa shape index (κ2) is 3.52. The van der Waals surface area contributed by atoms with Crippen LogP contribution in [-0.4, -0.2) is 22.4 Å². The zero-order chi connectivity index (χ0) is 10.3. The Morgan fingerprint density at radius 2 is 2.33 bits per heavy atom. The van der Waals surface area contributed by atoms with E-state index in [9.17, 15) is 0 Å². The maximum Gasteiger partial charge on any atom is 0.121 e. The first kappa shape index (κ1) is 9.21. The molecule has 2 aliphatic rings. The first-order valence-corrected chi connectivity index (χ1v) is 5.89. The van der Waals surface area contributed by atoms with E-state index >= 15 is 0 Å². The number of aromatic nitrogens is 2. The molecule has 4 nitrogen and oxygen atoms in total. The number of nitrogens with zero attached hydrogens (tertiary/aromatic N) is 2. The zero-order valence-corrected chi connectivity index (χ0v) is 8.95. The molecule has 0 radical (unpaired) electrons. The summed E-state index contributed by atoms with van der Waals surface area (Å²) in [5, 5.41) is 8.06. The zero-order valence-electron chi connectivity index (χ0n) is 8.95. The summed E-state index contributed by atoms with van der Waals surface area (Å²) in [6, 6.07) is 2.62. The minimum Gasteiger partial charge on any atom is -0.384 e. The third-order valence-corrected chi connectivity index (χ3v) is 3.38. The van der Waals surface area contributed by atoms with Crippen molar-refractivity contribution >= 4 is 5.82 Å². The van der Waals surface area contributed by atoms with Crippen LogP contribution < -0.4 is 11.1 Å². The Balaban J connectivity index is 1.72. The maximum absolute atomic E-state index is 5.96. The van der Waals surface area contributed by atoms with Crippen LogP contribution in [0.4, 0.5) is 5.82 Å². The normalized spacial score (nSPS) is 26.0. The minimum absolute atomic E-state index is 0.569. The topological polar surface area (TPSA) is 55.9 Å². The van der Waals surface area contributed by atoms with Crippen molar-refractivity contribution in [2.75, 3.05) is 12.3 Å². The van der Waals surface area contributed by atoms with Gasteiger partial charge >= 0.3 is 0 Å². The standard InChI is InChI=1S/C11H18N4/c12-11-6-10(8-3-4-8)14-15(11)7-9-2-1-5-13-9/h6,8-9,13H,1-5,7,12H2/t9-/m0/s1. The summed E-state index contributed by atoms with van der Waals surface area (Å²) in [5.74, 6) is 1.52. The molecular formula is C11H18N4. The summed E-state index contributed by atoms with van der Waals surface area (Å²) in [4.78, 5) is 0. The molecule has 0 unspecified atom stereocenters. The third kappa shape index (κ3) is 1.86. The van der Waals surface area contributed by atoms with Gasteiger partial charge in [0.05, 0.1) is 12.2 Å². The Labute approximate surface area is 89.8 Å². The van der Waals surface area contributed by atoms with E-state index in [0.717, 1.165) is 18.9 Å². The molecule has 1 aromatic rings. The molecule has 1 saturated heterocycles. The van der Waals surface area contributed by atoms with Crippen LogP contribution in [-0.2, 0) is 6.54 Å². The van der Waals surface area contributed by atoms with Crippen molar-refractivity contribution < 1.29 is 0 Å². The number of hydrogen-bond acceptors (Lipinski definition) is 3. The van der Waals surface area contributed by atoms with Crippen LogP contribution in [0, 0.1) is 0 Å². The summed E-state index contributed by atoms with van der Waals surface area (Å²) in [5.41, 5.74) is 7.16. The molecule has 0 bridgehead atoms. The lowest BCUT2D eigenvalue weighted by Gasteiger charge is -2.10. The molecule has 3 N–H and O–H groups in total. The summed E-state index contributed by atoms with van der Waals surface area (Å²) in [6.45, 7) is 2.07. The third-order valence-electron chi connectivity index (χ3n) is 3.38. The fraction of sp³-hybridized carbons (Fsp3) is 0.727. The van der Waals surface area contributed by atoms with Gasteiger partial charge < -0.3 is 11.1 Å². The smallest absolute Gasteiger partial charge is 0.121 e. The van der Waals surface area contributed by atoms with E-state index in [1.54, 1.807) is 0 Å². The quantitative estimate of drug-likeness (QED) is 0.778. The van der Waals surface area contributed by atoms with Gasteiger partial charge in [-0.2, -0.15) is 5.10 Å². The van der Waals surface area contributed by atoms with Gasteiger partial charge in [0, 0.05) is 18.0 Å². The van der Waals surface area contributed by atoms with Gasteiger partial charge in [-0.3, -0.25) is 0 Å². The minimum atomic E-state index is 0.569. The van der Waals surface area contributed by atoms with Crippen molar-refractivity contribution in [2.24, 2.45) is 0 Å². The fourth-order valence-corrected chi connectivity index (χ4v) is 2.30. The van der Waals surface area contributed by atoms with Gasteiger partial charge in [0.25, 0.3) is 0 Å². The number of rotatable bonds is 3. The summed E-state index contributed by atoms with van der Waals surface area (Å²) in [7, 11) is 0. The van der Waals surface area contributed by atoms with Crippen molar-refractivity contribution in [1.82, 2.24) is 15.1 Å². The number of nitrogens with two attached hydrogens (primary N) is 1. The summed E-state index contributed by atoms with van der Waals surface area (Å²) in [6.07, 6.45) is 5.11.